The average molecular weight is 491 g/mol. The molecule has 36 heavy (non-hydrogen) atoms. The smallest absolute Gasteiger partial charge is 0.245 e. The molecular weight excluding hydrogens is 448 g/mol. The number of hydrogen-bond acceptors (Lipinski definition) is 4. The van der Waals surface area contributed by atoms with Gasteiger partial charge in [0.2, 0.25) is 11.8 Å². The Kier molecular flexibility index (Phi) is 8.78. The van der Waals surface area contributed by atoms with Gasteiger partial charge in [-0.15, -0.1) is 0 Å². The van der Waals surface area contributed by atoms with Crippen LogP contribution in [0.15, 0.2) is 42.7 Å². The van der Waals surface area contributed by atoms with E-state index in [0.29, 0.717) is 5.92 Å². The highest BCUT2D eigenvalue weighted by Crippen LogP contribution is 2.36. The number of hydrogen-bond donors (Lipinski definition) is 2. The van der Waals surface area contributed by atoms with Crippen molar-refractivity contribution >= 4 is 11.8 Å². The van der Waals surface area contributed by atoms with Crippen LogP contribution in [0.5, 0.6) is 0 Å². The Morgan fingerprint density at radius 1 is 0.972 bits per heavy atom. The summed E-state index contributed by atoms with van der Waals surface area (Å²) in [5.41, 5.74) is 4.61. The largest absolute Gasteiger partial charge is 0.343 e. The first kappa shape index (κ1) is 26.3. The Balaban J connectivity index is 1.58. The van der Waals surface area contributed by atoms with Crippen molar-refractivity contribution in [3.63, 3.8) is 0 Å². The summed E-state index contributed by atoms with van der Waals surface area (Å²) in [5, 5.41) is 6.14. The molecule has 1 saturated carbocycles. The fraction of sp³-hybridized carbons (Fsp3) is 0.567. The summed E-state index contributed by atoms with van der Waals surface area (Å²) in [6.07, 6.45) is 11.1. The lowest BCUT2D eigenvalue weighted by molar-refractivity contribution is -0.139. The molecule has 194 valence electrons. The van der Waals surface area contributed by atoms with Gasteiger partial charge in [0.15, 0.2) is 0 Å². The van der Waals surface area contributed by atoms with Crippen molar-refractivity contribution in [3.05, 3.63) is 53.9 Å². The summed E-state index contributed by atoms with van der Waals surface area (Å²) in [6, 6.07) is 10.0. The highest BCUT2D eigenvalue weighted by Gasteiger charge is 2.39. The van der Waals surface area contributed by atoms with Gasteiger partial charge in [-0.2, -0.15) is 0 Å². The van der Waals surface area contributed by atoms with Crippen LogP contribution in [-0.4, -0.2) is 47.4 Å². The number of carbonyl (C=O) groups excluding carboxylic acids is 2. The Hall–Kier alpha value is -2.73. The van der Waals surface area contributed by atoms with E-state index < -0.39 is 6.04 Å². The Labute approximate surface area is 216 Å². The number of benzene rings is 1. The van der Waals surface area contributed by atoms with Crippen LogP contribution in [0.4, 0.5) is 0 Å². The van der Waals surface area contributed by atoms with Crippen LogP contribution < -0.4 is 10.6 Å². The molecule has 1 aromatic heterocycles. The molecule has 0 radical (unpaired) electrons. The van der Waals surface area contributed by atoms with E-state index >= 15 is 0 Å². The second-order valence-corrected chi connectivity index (χ2v) is 10.9. The van der Waals surface area contributed by atoms with E-state index in [2.05, 4.69) is 59.8 Å². The molecular formula is C30H42N4O2. The summed E-state index contributed by atoms with van der Waals surface area (Å²) < 4.78 is 0. The number of likely N-dealkylation sites (tertiary alicyclic amines) is 1. The molecule has 4 rings (SSSR count). The Morgan fingerprint density at radius 2 is 1.75 bits per heavy atom. The lowest BCUT2D eigenvalue weighted by Gasteiger charge is -2.35. The van der Waals surface area contributed by atoms with Crippen molar-refractivity contribution in [2.24, 2.45) is 5.92 Å². The van der Waals surface area contributed by atoms with Crippen LogP contribution in [0.2, 0.25) is 0 Å². The highest BCUT2D eigenvalue weighted by atomic mass is 16.2. The van der Waals surface area contributed by atoms with Gasteiger partial charge >= 0.3 is 0 Å². The van der Waals surface area contributed by atoms with Gasteiger partial charge in [0.1, 0.15) is 6.04 Å². The van der Waals surface area contributed by atoms with Crippen molar-refractivity contribution in [1.82, 2.24) is 20.5 Å². The van der Waals surface area contributed by atoms with Gasteiger partial charge in [-0.3, -0.25) is 14.6 Å². The Bertz CT molecular complexity index is 1050. The van der Waals surface area contributed by atoms with E-state index in [-0.39, 0.29) is 29.8 Å². The third-order valence-electron chi connectivity index (χ3n) is 8.08. The third kappa shape index (κ3) is 5.97. The van der Waals surface area contributed by atoms with E-state index in [1.807, 2.05) is 24.2 Å². The van der Waals surface area contributed by atoms with Gasteiger partial charge in [0.25, 0.3) is 0 Å². The molecule has 2 aliphatic rings. The zero-order valence-electron chi connectivity index (χ0n) is 22.3. The average Bonchev–Trinajstić information content (AvgIpc) is 3.41. The number of aromatic nitrogens is 1. The minimum Gasteiger partial charge on any atom is -0.343 e. The maximum Gasteiger partial charge on any atom is 0.245 e. The molecule has 1 saturated heterocycles. The van der Waals surface area contributed by atoms with E-state index in [0.717, 1.165) is 61.8 Å². The normalized spacial score (nSPS) is 20.4. The predicted octanol–water partition coefficient (Wildman–Crippen LogP) is 5.21. The van der Waals surface area contributed by atoms with Gasteiger partial charge in [0.05, 0.1) is 12.1 Å². The van der Waals surface area contributed by atoms with Gasteiger partial charge < -0.3 is 15.5 Å². The van der Waals surface area contributed by atoms with E-state index in [1.54, 1.807) is 7.05 Å². The Morgan fingerprint density at radius 3 is 2.47 bits per heavy atom. The number of carbonyl (C=O) groups is 2. The summed E-state index contributed by atoms with van der Waals surface area (Å²) >= 11 is 0. The summed E-state index contributed by atoms with van der Waals surface area (Å²) in [6.45, 7) is 6.96. The lowest BCUT2D eigenvalue weighted by atomic mass is 9.83. The SMILES string of the molecule is CNC(C)C(=O)N[C@H](C(=O)N1CCCC1c1cncc(-c2cccc(C(C)C)c2)c1)C1CCCCC1. The first-order valence-electron chi connectivity index (χ1n) is 13.7. The maximum atomic E-state index is 14.0. The standard InChI is InChI=1S/C30H42N4O2/c1-20(2)23-12-8-13-24(16-23)25-17-26(19-32-18-25)27-14-9-15-34(27)30(36)28(22-10-6-5-7-11-22)33-29(35)21(3)31-4/h8,12-13,16-22,27-28,31H,5-7,9-11,14-15H2,1-4H3,(H,33,35)/t21?,27?,28-/m0/s1. The second-order valence-electron chi connectivity index (χ2n) is 10.9. The maximum absolute atomic E-state index is 14.0. The zero-order valence-corrected chi connectivity index (χ0v) is 22.3. The number of amides is 2. The zero-order chi connectivity index (χ0) is 25.7. The predicted molar refractivity (Wildman–Crippen MR) is 144 cm³/mol. The van der Waals surface area contributed by atoms with Crippen molar-refractivity contribution in [2.45, 2.75) is 89.8 Å². The summed E-state index contributed by atoms with van der Waals surface area (Å²) in [4.78, 5) is 33.4. The highest BCUT2D eigenvalue weighted by molar-refractivity contribution is 5.90. The van der Waals surface area contributed by atoms with E-state index in [4.69, 9.17) is 0 Å². The minimum atomic E-state index is -0.465. The van der Waals surface area contributed by atoms with Crippen LogP contribution >= 0.6 is 0 Å². The summed E-state index contributed by atoms with van der Waals surface area (Å²) in [7, 11) is 1.77. The number of rotatable bonds is 8. The topological polar surface area (TPSA) is 74.3 Å². The van der Waals surface area contributed by atoms with Crippen molar-refractivity contribution in [3.8, 4) is 11.1 Å². The van der Waals surface area contributed by atoms with Crippen LogP contribution in [-0.2, 0) is 9.59 Å². The first-order chi connectivity index (χ1) is 17.4. The lowest BCUT2D eigenvalue weighted by Crippen LogP contribution is -2.55. The van der Waals surface area contributed by atoms with Crippen molar-refractivity contribution in [2.75, 3.05) is 13.6 Å². The molecule has 0 spiro atoms. The third-order valence-corrected chi connectivity index (χ3v) is 8.08. The molecule has 3 atom stereocenters. The van der Waals surface area contributed by atoms with Gasteiger partial charge in [-0.25, -0.2) is 0 Å². The molecule has 2 N–H and O–H groups in total. The van der Waals surface area contributed by atoms with Crippen LogP contribution in [0.3, 0.4) is 0 Å². The fourth-order valence-electron chi connectivity index (χ4n) is 5.69. The molecule has 2 amide bonds. The van der Waals surface area contributed by atoms with E-state index in [1.165, 1.54) is 12.0 Å². The molecule has 2 aromatic rings. The molecule has 0 bridgehead atoms. The van der Waals surface area contributed by atoms with Crippen molar-refractivity contribution in [1.29, 1.82) is 0 Å². The first-order valence-corrected chi connectivity index (χ1v) is 13.7. The number of nitrogens with one attached hydrogen (secondary N) is 2. The molecule has 2 heterocycles. The quantitative estimate of drug-likeness (QED) is 0.533. The van der Waals surface area contributed by atoms with Crippen molar-refractivity contribution < 1.29 is 9.59 Å². The fourth-order valence-corrected chi connectivity index (χ4v) is 5.69. The number of pyridine rings is 1. The minimum absolute atomic E-state index is 0.0112. The summed E-state index contributed by atoms with van der Waals surface area (Å²) in [5.74, 6) is 0.615. The second kappa shape index (κ2) is 12.0. The molecule has 1 aliphatic heterocycles. The molecule has 6 heteroatoms. The van der Waals surface area contributed by atoms with Crippen LogP contribution in [0.25, 0.3) is 11.1 Å². The van der Waals surface area contributed by atoms with E-state index in [9.17, 15) is 9.59 Å². The molecule has 1 aromatic carbocycles. The van der Waals surface area contributed by atoms with Crippen LogP contribution in [0.1, 0.15) is 88.8 Å². The van der Waals surface area contributed by atoms with Gasteiger partial charge in [0, 0.05) is 24.5 Å². The monoisotopic (exact) mass is 490 g/mol. The van der Waals surface area contributed by atoms with Crippen LogP contribution in [0, 0.1) is 5.92 Å². The number of nitrogens with zero attached hydrogens (tertiary/aromatic N) is 2. The van der Waals surface area contributed by atoms with Gasteiger partial charge in [-0.05, 0) is 74.2 Å². The molecule has 1 aliphatic carbocycles. The molecule has 6 nitrogen and oxygen atoms in total. The molecule has 2 unspecified atom stereocenters. The number of likely N-dealkylation sites (N-methyl/N-ethyl adjacent to an activating group) is 1. The molecule has 2 fully saturated rings. The van der Waals surface area contributed by atoms with Gasteiger partial charge in [-0.1, -0.05) is 57.4 Å².